The van der Waals surface area contributed by atoms with Crippen molar-refractivity contribution in [3.8, 4) is 5.75 Å². The fraction of sp³-hybridized carbons (Fsp3) is 0.143. The van der Waals surface area contributed by atoms with Crippen LogP contribution in [-0.2, 0) is 11.4 Å². The lowest BCUT2D eigenvalue weighted by molar-refractivity contribution is 0.180. The number of ether oxygens (including phenoxy) is 1. The lowest BCUT2D eigenvalue weighted by atomic mass is 10.2. The van der Waals surface area contributed by atoms with Gasteiger partial charge in [0.15, 0.2) is 0 Å². The van der Waals surface area contributed by atoms with Crippen LogP contribution in [0.3, 0.4) is 0 Å². The molecule has 2 aromatic carbocycles. The Balaban J connectivity index is 1.82. The summed E-state index contributed by atoms with van der Waals surface area (Å²) in [6.45, 7) is 0.513. The molecule has 2 rings (SSSR count). The number of benzene rings is 2. The van der Waals surface area contributed by atoms with Crippen LogP contribution in [0.1, 0.15) is 5.56 Å². The minimum atomic E-state index is 0.513. The van der Waals surface area contributed by atoms with E-state index >= 15 is 0 Å². The minimum absolute atomic E-state index is 0.513. The highest BCUT2D eigenvalue weighted by Crippen LogP contribution is 2.12. The van der Waals surface area contributed by atoms with Gasteiger partial charge in [0, 0.05) is 0 Å². The van der Waals surface area contributed by atoms with Crippen LogP contribution in [0.15, 0.2) is 54.6 Å². The standard InChI is InChI=1S/C14H15NO2/c1-16-14-9-7-12(8-10-14)11-17-15-13-5-3-2-4-6-13/h2-10,15H,11H2,1H3. The molecule has 0 saturated heterocycles. The van der Waals surface area contributed by atoms with E-state index in [-0.39, 0.29) is 0 Å². The van der Waals surface area contributed by atoms with Crippen molar-refractivity contribution in [2.24, 2.45) is 0 Å². The number of hydrogen-bond donors (Lipinski definition) is 1. The van der Waals surface area contributed by atoms with Crippen molar-refractivity contribution in [2.75, 3.05) is 12.6 Å². The van der Waals surface area contributed by atoms with Gasteiger partial charge in [-0.15, -0.1) is 0 Å². The Bertz CT molecular complexity index is 440. The molecule has 0 aromatic heterocycles. The maximum absolute atomic E-state index is 5.39. The molecule has 3 nitrogen and oxygen atoms in total. The predicted molar refractivity (Wildman–Crippen MR) is 67.8 cm³/mol. The molecular weight excluding hydrogens is 214 g/mol. The Hall–Kier alpha value is -2.00. The summed E-state index contributed by atoms with van der Waals surface area (Å²) in [6, 6.07) is 17.6. The largest absolute Gasteiger partial charge is 0.497 e. The molecule has 3 heteroatoms. The fourth-order valence-corrected chi connectivity index (χ4v) is 1.43. The average Bonchev–Trinajstić information content (AvgIpc) is 2.41. The topological polar surface area (TPSA) is 30.5 Å². The molecule has 0 aliphatic heterocycles. The molecule has 0 aliphatic carbocycles. The molecule has 0 saturated carbocycles. The van der Waals surface area contributed by atoms with E-state index in [1.807, 2.05) is 54.6 Å². The summed E-state index contributed by atoms with van der Waals surface area (Å²) in [6.07, 6.45) is 0. The molecule has 1 N–H and O–H groups in total. The molecule has 17 heavy (non-hydrogen) atoms. The monoisotopic (exact) mass is 229 g/mol. The molecular formula is C14H15NO2. The van der Waals surface area contributed by atoms with Crippen molar-refractivity contribution < 1.29 is 9.57 Å². The molecule has 0 radical (unpaired) electrons. The van der Waals surface area contributed by atoms with Gasteiger partial charge in [0.25, 0.3) is 0 Å². The molecule has 0 atom stereocenters. The average molecular weight is 229 g/mol. The third-order valence-corrected chi connectivity index (χ3v) is 2.36. The Kier molecular flexibility index (Phi) is 4.00. The number of anilines is 1. The van der Waals surface area contributed by atoms with Crippen molar-refractivity contribution in [1.29, 1.82) is 0 Å². The van der Waals surface area contributed by atoms with Gasteiger partial charge in [-0.2, -0.15) is 0 Å². The first-order chi connectivity index (χ1) is 8.38. The summed E-state index contributed by atoms with van der Waals surface area (Å²) >= 11 is 0. The zero-order valence-corrected chi connectivity index (χ0v) is 9.72. The highest BCUT2D eigenvalue weighted by Gasteiger charge is 1.95. The van der Waals surface area contributed by atoms with Gasteiger partial charge in [-0.25, -0.2) is 0 Å². The Morgan fingerprint density at radius 1 is 0.941 bits per heavy atom. The summed E-state index contributed by atoms with van der Waals surface area (Å²) in [5, 5.41) is 0. The predicted octanol–water partition coefficient (Wildman–Crippen LogP) is 3.24. The van der Waals surface area contributed by atoms with E-state index in [4.69, 9.17) is 9.57 Å². The number of rotatable bonds is 5. The number of nitrogens with one attached hydrogen (secondary N) is 1. The van der Waals surface area contributed by atoms with E-state index < -0.39 is 0 Å². The van der Waals surface area contributed by atoms with E-state index in [0.717, 1.165) is 17.0 Å². The summed E-state index contributed by atoms with van der Waals surface area (Å²) < 4.78 is 5.09. The van der Waals surface area contributed by atoms with Gasteiger partial charge in [-0.1, -0.05) is 30.3 Å². The SMILES string of the molecule is COc1ccc(CONc2ccccc2)cc1. The number of para-hydroxylation sites is 1. The van der Waals surface area contributed by atoms with Crippen molar-refractivity contribution in [1.82, 2.24) is 0 Å². The van der Waals surface area contributed by atoms with Crippen molar-refractivity contribution in [3.05, 3.63) is 60.2 Å². The van der Waals surface area contributed by atoms with Gasteiger partial charge in [0.1, 0.15) is 5.75 Å². The first-order valence-electron chi connectivity index (χ1n) is 5.44. The van der Waals surface area contributed by atoms with Crippen LogP contribution in [0.2, 0.25) is 0 Å². The van der Waals surface area contributed by atoms with Crippen LogP contribution >= 0.6 is 0 Å². The third-order valence-electron chi connectivity index (χ3n) is 2.36. The second-order valence-electron chi connectivity index (χ2n) is 3.60. The van der Waals surface area contributed by atoms with E-state index in [1.54, 1.807) is 7.11 Å². The Morgan fingerprint density at radius 3 is 2.29 bits per heavy atom. The molecule has 0 spiro atoms. The van der Waals surface area contributed by atoms with Crippen LogP contribution in [0.5, 0.6) is 5.75 Å². The van der Waals surface area contributed by atoms with Crippen LogP contribution < -0.4 is 10.2 Å². The quantitative estimate of drug-likeness (QED) is 0.798. The van der Waals surface area contributed by atoms with Gasteiger partial charge in [-0.3, -0.25) is 10.3 Å². The number of hydrogen-bond acceptors (Lipinski definition) is 3. The van der Waals surface area contributed by atoms with Gasteiger partial charge in [0.2, 0.25) is 0 Å². The van der Waals surface area contributed by atoms with Crippen LogP contribution in [0.4, 0.5) is 5.69 Å². The summed E-state index contributed by atoms with van der Waals surface area (Å²) in [4.78, 5) is 5.39. The van der Waals surface area contributed by atoms with E-state index in [9.17, 15) is 0 Å². The first kappa shape index (κ1) is 11.5. The molecule has 0 heterocycles. The van der Waals surface area contributed by atoms with E-state index in [1.165, 1.54) is 0 Å². The summed E-state index contributed by atoms with van der Waals surface area (Å²) in [5.74, 6) is 0.852. The Labute approximate surface area is 101 Å². The van der Waals surface area contributed by atoms with Gasteiger partial charge >= 0.3 is 0 Å². The van der Waals surface area contributed by atoms with E-state index in [0.29, 0.717) is 6.61 Å². The van der Waals surface area contributed by atoms with Crippen LogP contribution in [-0.4, -0.2) is 7.11 Å². The molecule has 0 bridgehead atoms. The van der Waals surface area contributed by atoms with Crippen molar-refractivity contribution >= 4 is 5.69 Å². The maximum Gasteiger partial charge on any atom is 0.118 e. The second kappa shape index (κ2) is 5.92. The maximum atomic E-state index is 5.39. The van der Waals surface area contributed by atoms with Crippen LogP contribution in [0.25, 0.3) is 0 Å². The summed E-state index contributed by atoms with van der Waals surface area (Å²) in [7, 11) is 1.66. The molecule has 88 valence electrons. The summed E-state index contributed by atoms with van der Waals surface area (Å²) in [5.41, 5.74) is 4.93. The smallest absolute Gasteiger partial charge is 0.118 e. The highest BCUT2D eigenvalue weighted by molar-refractivity contribution is 5.40. The van der Waals surface area contributed by atoms with Gasteiger partial charge in [-0.05, 0) is 29.8 Å². The first-order valence-corrected chi connectivity index (χ1v) is 5.44. The van der Waals surface area contributed by atoms with Gasteiger partial charge in [0.05, 0.1) is 19.4 Å². The fourth-order valence-electron chi connectivity index (χ4n) is 1.43. The third kappa shape index (κ3) is 3.50. The minimum Gasteiger partial charge on any atom is -0.497 e. The molecule has 0 aliphatic rings. The Morgan fingerprint density at radius 2 is 1.65 bits per heavy atom. The van der Waals surface area contributed by atoms with Gasteiger partial charge < -0.3 is 4.74 Å². The molecule has 0 unspecified atom stereocenters. The van der Waals surface area contributed by atoms with E-state index in [2.05, 4.69) is 5.48 Å². The van der Waals surface area contributed by atoms with Crippen molar-refractivity contribution in [3.63, 3.8) is 0 Å². The second-order valence-corrected chi connectivity index (χ2v) is 3.60. The van der Waals surface area contributed by atoms with Crippen LogP contribution in [0, 0.1) is 0 Å². The highest BCUT2D eigenvalue weighted by atomic mass is 16.6. The molecule has 2 aromatic rings. The number of methoxy groups -OCH3 is 1. The zero-order chi connectivity index (χ0) is 11.9. The lowest BCUT2D eigenvalue weighted by Gasteiger charge is -2.07. The molecule has 0 amide bonds. The molecule has 0 fully saturated rings. The lowest BCUT2D eigenvalue weighted by Crippen LogP contribution is -2.01. The zero-order valence-electron chi connectivity index (χ0n) is 9.72. The van der Waals surface area contributed by atoms with Crippen molar-refractivity contribution in [2.45, 2.75) is 6.61 Å². The normalized spacial score (nSPS) is 9.94.